The minimum Gasteiger partial charge on any atom is -0.496 e. The zero-order valence-corrected chi connectivity index (χ0v) is 17.5. The minimum atomic E-state index is -0.131. The maximum Gasteiger partial charge on any atom is 0.255 e. The third-order valence-electron chi connectivity index (χ3n) is 5.11. The summed E-state index contributed by atoms with van der Waals surface area (Å²) in [7, 11) is 1.66. The predicted molar refractivity (Wildman–Crippen MR) is 122 cm³/mol. The highest BCUT2D eigenvalue weighted by Gasteiger charge is 2.18. The molecular weight excluding hydrogens is 386 g/mol. The smallest absolute Gasteiger partial charge is 0.255 e. The van der Waals surface area contributed by atoms with Crippen LogP contribution in [0.2, 0.25) is 0 Å². The van der Waals surface area contributed by atoms with E-state index in [9.17, 15) is 4.79 Å². The first-order chi connectivity index (χ1) is 15.2. The van der Waals surface area contributed by atoms with Gasteiger partial charge in [0.15, 0.2) is 0 Å². The molecule has 0 aliphatic heterocycles. The van der Waals surface area contributed by atoms with Crippen LogP contribution >= 0.6 is 0 Å². The van der Waals surface area contributed by atoms with Gasteiger partial charge in [0.05, 0.1) is 19.2 Å². The summed E-state index contributed by atoms with van der Waals surface area (Å²) in [5, 5.41) is 7.76. The molecule has 4 rings (SSSR count). The second kappa shape index (κ2) is 9.76. The molecule has 0 aliphatic rings. The lowest BCUT2D eigenvalue weighted by Gasteiger charge is -2.09. The van der Waals surface area contributed by atoms with Crippen LogP contribution in [0.15, 0.2) is 91.1 Å². The molecule has 0 unspecified atom stereocenters. The number of rotatable bonds is 8. The molecule has 5 nitrogen and oxygen atoms in total. The van der Waals surface area contributed by atoms with Gasteiger partial charge in [0, 0.05) is 18.3 Å². The van der Waals surface area contributed by atoms with Crippen molar-refractivity contribution in [2.24, 2.45) is 0 Å². The van der Waals surface area contributed by atoms with Gasteiger partial charge in [-0.25, -0.2) is 0 Å². The van der Waals surface area contributed by atoms with E-state index in [1.54, 1.807) is 7.11 Å². The van der Waals surface area contributed by atoms with Crippen molar-refractivity contribution in [3.8, 4) is 17.0 Å². The first-order valence-corrected chi connectivity index (χ1v) is 10.3. The van der Waals surface area contributed by atoms with Gasteiger partial charge in [-0.2, -0.15) is 5.10 Å². The van der Waals surface area contributed by atoms with Gasteiger partial charge in [0.1, 0.15) is 11.4 Å². The van der Waals surface area contributed by atoms with Gasteiger partial charge in [-0.15, -0.1) is 0 Å². The standard InChI is InChI=1S/C26H25N3O2/c1-31-24-15-9-8-12-21(24)16-17-27-26(30)23-19-29(18-20-10-4-2-5-11-20)28-25(23)22-13-6-3-7-14-22/h2-15,19H,16-18H2,1H3,(H,27,30). The fourth-order valence-electron chi connectivity index (χ4n) is 3.56. The second-order valence-corrected chi connectivity index (χ2v) is 7.26. The van der Waals surface area contributed by atoms with Crippen molar-refractivity contribution in [3.05, 3.63) is 108 Å². The molecule has 1 N–H and O–H groups in total. The highest BCUT2D eigenvalue weighted by Crippen LogP contribution is 2.23. The Balaban J connectivity index is 1.53. The molecule has 1 heterocycles. The van der Waals surface area contributed by atoms with Gasteiger partial charge in [-0.05, 0) is 23.6 Å². The van der Waals surface area contributed by atoms with Gasteiger partial charge < -0.3 is 10.1 Å². The number of carbonyl (C=O) groups is 1. The fraction of sp³-hybridized carbons (Fsp3) is 0.154. The molecule has 1 aromatic heterocycles. The van der Waals surface area contributed by atoms with E-state index in [-0.39, 0.29) is 5.91 Å². The van der Waals surface area contributed by atoms with E-state index >= 15 is 0 Å². The van der Waals surface area contributed by atoms with E-state index in [4.69, 9.17) is 9.84 Å². The first-order valence-electron chi connectivity index (χ1n) is 10.3. The Labute approximate surface area is 182 Å². The average molecular weight is 412 g/mol. The number of nitrogens with zero attached hydrogens (tertiary/aromatic N) is 2. The summed E-state index contributed by atoms with van der Waals surface area (Å²) in [5.41, 5.74) is 4.37. The molecule has 0 spiro atoms. The summed E-state index contributed by atoms with van der Waals surface area (Å²) in [6.45, 7) is 1.12. The molecule has 5 heteroatoms. The molecule has 1 amide bonds. The maximum absolute atomic E-state index is 13.1. The molecule has 0 aliphatic carbocycles. The van der Waals surface area contributed by atoms with Crippen LogP contribution in [0.5, 0.6) is 5.75 Å². The van der Waals surface area contributed by atoms with Crippen LogP contribution in [0.4, 0.5) is 0 Å². The Morgan fingerprint density at radius 2 is 1.61 bits per heavy atom. The number of carbonyl (C=O) groups excluding carboxylic acids is 1. The Morgan fingerprint density at radius 3 is 2.35 bits per heavy atom. The number of aromatic nitrogens is 2. The van der Waals surface area contributed by atoms with Crippen molar-refractivity contribution in [2.75, 3.05) is 13.7 Å². The Morgan fingerprint density at radius 1 is 0.935 bits per heavy atom. The zero-order valence-electron chi connectivity index (χ0n) is 17.5. The van der Waals surface area contributed by atoms with Crippen molar-refractivity contribution in [3.63, 3.8) is 0 Å². The van der Waals surface area contributed by atoms with Crippen LogP contribution < -0.4 is 10.1 Å². The number of ether oxygens (including phenoxy) is 1. The second-order valence-electron chi connectivity index (χ2n) is 7.26. The van der Waals surface area contributed by atoms with Crippen molar-refractivity contribution >= 4 is 5.91 Å². The molecule has 3 aromatic carbocycles. The molecular formula is C26H25N3O2. The number of hydrogen-bond donors (Lipinski definition) is 1. The van der Waals surface area contributed by atoms with Gasteiger partial charge in [-0.1, -0.05) is 78.9 Å². The third-order valence-corrected chi connectivity index (χ3v) is 5.11. The van der Waals surface area contributed by atoms with E-state index < -0.39 is 0 Å². The number of para-hydroxylation sites is 1. The molecule has 0 saturated carbocycles. The van der Waals surface area contributed by atoms with Crippen LogP contribution in [0, 0.1) is 0 Å². The SMILES string of the molecule is COc1ccccc1CCNC(=O)c1cn(Cc2ccccc2)nc1-c1ccccc1. The summed E-state index contributed by atoms with van der Waals surface area (Å²) >= 11 is 0. The predicted octanol–water partition coefficient (Wildman–Crippen LogP) is 4.58. The van der Waals surface area contributed by atoms with Crippen LogP contribution in [0.25, 0.3) is 11.3 Å². The minimum absolute atomic E-state index is 0.131. The van der Waals surface area contributed by atoms with E-state index in [2.05, 4.69) is 17.4 Å². The van der Waals surface area contributed by atoms with Gasteiger partial charge in [0.2, 0.25) is 0 Å². The molecule has 0 saturated heterocycles. The van der Waals surface area contributed by atoms with E-state index in [1.165, 1.54) is 0 Å². The average Bonchev–Trinajstić information content (AvgIpc) is 3.24. The van der Waals surface area contributed by atoms with Crippen LogP contribution in [0.3, 0.4) is 0 Å². The quantitative estimate of drug-likeness (QED) is 0.462. The number of benzene rings is 3. The molecule has 0 radical (unpaired) electrons. The molecule has 4 aromatic rings. The molecule has 0 bridgehead atoms. The summed E-state index contributed by atoms with van der Waals surface area (Å²) in [4.78, 5) is 13.1. The lowest BCUT2D eigenvalue weighted by Crippen LogP contribution is -2.26. The zero-order chi connectivity index (χ0) is 21.5. The number of methoxy groups -OCH3 is 1. The first kappa shape index (κ1) is 20.4. The van der Waals surface area contributed by atoms with Crippen molar-refractivity contribution < 1.29 is 9.53 Å². The van der Waals surface area contributed by atoms with Gasteiger partial charge in [0.25, 0.3) is 5.91 Å². The Bertz CT molecular complexity index is 1140. The Hall–Kier alpha value is -3.86. The summed E-state index contributed by atoms with van der Waals surface area (Å²) in [6.07, 6.45) is 2.52. The Kier molecular flexibility index (Phi) is 6.43. The summed E-state index contributed by atoms with van der Waals surface area (Å²) in [6, 6.07) is 27.8. The molecule has 31 heavy (non-hydrogen) atoms. The molecule has 0 atom stereocenters. The van der Waals surface area contributed by atoms with Crippen molar-refractivity contribution in [1.82, 2.24) is 15.1 Å². The van der Waals surface area contributed by atoms with E-state index in [0.29, 0.717) is 30.8 Å². The third kappa shape index (κ3) is 5.01. The van der Waals surface area contributed by atoms with E-state index in [1.807, 2.05) is 83.7 Å². The number of nitrogens with one attached hydrogen (secondary N) is 1. The normalized spacial score (nSPS) is 10.6. The number of amides is 1. The monoisotopic (exact) mass is 411 g/mol. The summed E-state index contributed by atoms with van der Waals surface area (Å²) in [5.74, 6) is 0.700. The maximum atomic E-state index is 13.1. The van der Waals surface area contributed by atoms with Crippen molar-refractivity contribution in [2.45, 2.75) is 13.0 Å². The summed E-state index contributed by atoms with van der Waals surface area (Å²) < 4.78 is 7.22. The molecule has 156 valence electrons. The van der Waals surface area contributed by atoms with Crippen LogP contribution in [-0.4, -0.2) is 29.3 Å². The van der Waals surface area contributed by atoms with Gasteiger partial charge >= 0.3 is 0 Å². The van der Waals surface area contributed by atoms with Crippen molar-refractivity contribution in [1.29, 1.82) is 0 Å². The highest BCUT2D eigenvalue weighted by molar-refractivity contribution is 5.99. The van der Waals surface area contributed by atoms with E-state index in [0.717, 1.165) is 22.4 Å². The largest absolute Gasteiger partial charge is 0.496 e. The number of hydrogen-bond acceptors (Lipinski definition) is 3. The fourth-order valence-corrected chi connectivity index (χ4v) is 3.56. The lowest BCUT2D eigenvalue weighted by atomic mass is 10.1. The lowest BCUT2D eigenvalue weighted by molar-refractivity contribution is 0.0954. The topological polar surface area (TPSA) is 56.1 Å². The van der Waals surface area contributed by atoms with Crippen LogP contribution in [0.1, 0.15) is 21.5 Å². The van der Waals surface area contributed by atoms with Gasteiger partial charge in [-0.3, -0.25) is 9.48 Å². The van der Waals surface area contributed by atoms with Crippen LogP contribution in [-0.2, 0) is 13.0 Å². The molecule has 0 fully saturated rings. The highest BCUT2D eigenvalue weighted by atomic mass is 16.5.